The Bertz CT molecular complexity index is 572. The van der Waals surface area contributed by atoms with E-state index in [1.165, 1.54) is 6.20 Å². The SMILES string of the molecule is COc1ccc(CNC(=O)c2cccnc2Cl)cn1. The van der Waals surface area contributed by atoms with Gasteiger partial charge in [-0.3, -0.25) is 4.79 Å². The Morgan fingerprint density at radius 2 is 2.21 bits per heavy atom. The largest absolute Gasteiger partial charge is 0.481 e. The Morgan fingerprint density at radius 3 is 2.84 bits per heavy atom. The quantitative estimate of drug-likeness (QED) is 0.869. The van der Waals surface area contributed by atoms with Crippen molar-refractivity contribution in [1.29, 1.82) is 0 Å². The van der Waals surface area contributed by atoms with Gasteiger partial charge in [0.25, 0.3) is 5.91 Å². The van der Waals surface area contributed by atoms with E-state index < -0.39 is 0 Å². The van der Waals surface area contributed by atoms with Gasteiger partial charge in [0.05, 0.1) is 12.7 Å². The Balaban J connectivity index is 1.98. The molecule has 2 aromatic rings. The van der Waals surface area contributed by atoms with Gasteiger partial charge >= 0.3 is 0 Å². The molecule has 1 N–H and O–H groups in total. The summed E-state index contributed by atoms with van der Waals surface area (Å²) in [6.07, 6.45) is 3.18. The van der Waals surface area contributed by atoms with Crippen LogP contribution in [0.25, 0.3) is 0 Å². The third-order valence-electron chi connectivity index (χ3n) is 2.46. The lowest BCUT2D eigenvalue weighted by atomic mass is 10.2. The van der Waals surface area contributed by atoms with Crippen LogP contribution in [0, 0.1) is 0 Å². The second-order valence-corrected chi connectivity index (χ2v) is 4.09. The fourth-order valence-corrected chi connectivity index (χ4v) is 1.67. The Kier molecular flexibility index (Phi) is 4.30. The van der Waals surface area contributed by atoms with Gasteiger partial charge in [-0.1, -0.05) is 17.7 Å². The lowest BCUT2D eigenvalue weighted by molar-refractivity contribution is 0.0950. The Morgan fingerprint density at radius 1 is 1.37 bits per heavy atom. The summed E-state index contributed by atoms with van der Waals surface area (Å²) >= 11 is 5.84. The van der Waals surface area contributed by atoms with Crippen LogP contribution in [0.1, 0.15) is 15.9 Å². The van der Waals surface area contributed by atoms with Crippen LogP contribution in [0.2, 0.25) is 5.15 Å². The molecule has 19 heavy (non-hydrogen) atoms. The average molecular weight is 278 g/mol. The lowest BCUT2D eigenvalue weighted by Crippen LogP contribution is -2.23. The molecule has 2 heterocycles. The van der Waals surface area contributed by atoms with E-state index in [-0.39, 0.29) is 11.1 Å². The number of aromatic nitrogens is 2. The molecule has 0 saturated carbocycles. The molecule has 0 aromatic carbocycles. The predicted octanol–water partition coefficient (Wildman–Crippen LogP) is 2.07. The Hall–Kier alpha value is -2.14. The number of hydrogen-bond donors (Lipinski definition) is 1. The molecule has 1 amide bonds. The van der Waals surface area contributed by atoms with E-state index in [9.17, 15) is 4.79 Å². The molecule has 0 aliphatic heterocycles. The second kappa shape index (κ2) is 6.15. The van der Waals surface area contributed by atoms with Crippen molar-refractivity contribution in [3.63, 3.8) is 0 Å². The molecular formula is C13H12ClN3O2. The maximum atomic E-state index is 11.9. The highest BCUT2D eigenvalue weighted by atomic mass is 35.5. The van der Waals surface area contributed by atoms with Crippen LogP contribution in [0.4, 0.5) is 0 Å². The molecular weight excluding hydrogens is 266 g/mol. The maximum Gasteiger partial charge on any atom is 0.254 e. The topological polar surface area (TPSA) is 64.1 Å². The molecule has 0 aliphatic rings. The molecule has 0 saturated heterocycles. The summed E-state index contributed by atoms with van der Waals surface area (Å²) in [4.78, 5) is 19.8. The molecule has 0 fully saturated rings. The molecule has 0 spiro atoms. The minimum Gasteiger partial charge on any atom is -0.481 e. The zero-order valence-electron chi connectivity index (χ0n) is 10.3. The van der Waals surface area contributed by atoms with Crippen molar-refractivity contribution in [2.75, 3.05) is 7.11 Å². The van der Waals surface area contributed by atoms with Crippen LogP contribution >= 0.6 is 11.6 Å². The van der Waals surface area contributed by atoms with Crippen molar-refractivity contribution in [2.24, 2.45) is 0 Å². The number of amides is 1. The molecule has 0 atom stereocenters. The molecule has 6 heteroatoms. The van der Waals surface area contributed by atoms with Crippen molar-refractivity contribution in [3.05, 3.63) is 52.9 Å². The van der Waals surface area contributed by atoms with E-state index in [1.807, 2.05) is 6.07 Å². The third kappa shape index (κ3) is 3.42. The summed E-state index contributed by atoms with van der Waals surface area (Å²) in [7, 11) is 1.55. The summed E-state index contributed by atoms with van der Waals surface area (Å²) in [5.41, 5.74) is 1.22. The maximum absolute atomic E-state index is 11.9. The van der Waals surface area contributed by atoms with Gasteiger partial charge in [-0.2, -0.15) is 0 Å². The lowest BCUT2D eigenvalue weighted by Gasteiger charge is -2.06. The van der Waals surface area contributed by atoms with Gasteiger partial charge in [-0.25, -0.2) is 9.97 Å². The van der Waals surface area contributed by atoms with Gasteiger partial charge in [0.1, 0.15) is 5.15 Å². The highest BCUT2D eigenvalue weighted by molar-refractivity contribution is 6.32. The van der Waals surface area contributed by atoms with Gasteiger partial charge < -0.3 is 10.1 Å². The molecule has 0 unspecified atom stereocenters. The van der Waals surface area contributed by atoms with E-state index in [1.54, 1.807) is 31.5 Å². The van der Waals surface area contributed by atoms with Gasteiger partial charge in [0, 0.05) is 25.0 Å². The normalized spacial score (nSPS) is 10.0. The number of ether oxygens (including phenoxy) is 1. The van der Waals surface area contributed by atoms with Crippen molar-refractivity contribution in [3.8, 4) is 5.88 Å². The molecule has 0 aliphatic carbocycles. The van der Waals surface area contributed by atoms with E-state index in [4.69, 9.17) is 16.3 Å². The first-order valence-electron chi connectivity index (χ1n) is 5.58. The fraction of sp³-hybridized carbons (Fsp3) is 0.154. The van der Waals surface area contributed by atoms with Crippen LogP contribution in [0.15, 0.2) is 36.7 Å². The number of halogens is 1. The molecule has 98 valence electrons. The standard InChI is InChI=1S/C13H12ClN3O2/c1-19-11-5-4-9(7-16-11)8-17-13(18)10-3-2-6-15-12(10)14/h2-7H,8H2,1H3,(H,17,18). The highest BCUT2D eigenvalue weighted by Crippen LogP contribution is 2.11. The average Bonchev–Trinajstić information content (AvgIpc) is 2.46. The van der Waals surface area contributed by atoms with Gasteiger partial charge in [0.2, 0.25) is 5.88 Å². The van der Waals surface area contributed by atoms with Crippen LogP contribution in [-0.4, -0.2) is 23.0 Å². The molecule has 0 radical (unpaired) electrons. The summed E-state index contributed by atoms with van der Waals surface area (Å²) in [6, 6.07) is 6.85. The predicted molar refractivity (Wildman–Crippen MR) is 71.2 cm³/mol. The van der Waals surface area contributed by atoms with Gasteiger partial charge in [-0.05, 0) is 17.7 Å². The number of nitrogens with zero attached hydrogens (tertiary/aromatic N) is 2. The third-order valence-corrected chi connectivity index (χ3v) is 2.76. The molecule has 2 aromatic heterocycles. The number of carbonyl (C=O) groups excluding carboxylic acids is 1. The van der Waals surface area contributed by atoms with Crippen molar-refractivity contribution in [1.82, 2.24) is 15.3 Å². The first-order valence-corrected chi connectivity index (χ1v) is 5.96. The number of methoxy groups -OCH3 is 1. The van der Waals surface area contributed by atoms with Crippen LogP contribution in [-0.2, 0) is 6.54 Å². The number of pyridine rings is 2. The van der Waals surface area contributed by atoms with E-state index in [0.717, 1.165) is 5.56 Å². The summed E-state index contributed by atoms with van der Waals surface area (Å²) in [5, 5.41) is 2.94. The number of nitrogens with one attached hydrogen (secondary N) is 1. The number of carbonyl (C=O) groups is 1. The minimum absolute atomic E-state index is 0.188. The van der Waals surface area contributed by atoms with E-state index >= 15 is 0 Å². The van der Waals surface area contributed by atoms with Crippen LogP contribution in [0.3, 0.4) is 0 Å². The zero-order valence-corrected chi connectivity index (χ0v) is 11.0. The van der Waals surface area contributed by atoms with Gasteiger partial charge in [0.15, 0.2) is 0 Å². The first kappa shape index (κ1) is 13.3. The van der Waals surface area contributed by atoms with Crippen molar-refractivity contribution >= 4 is 17.5 Å². The molecule has 2 rings (SSSR count). The number of hydrogen-bond acceptors (Lipinski definition) is 4. The van der Waals surface area contributed by atoms with E-state index in [2.05, 4.69) is 15.3 Å². The van der Waals surface area contributed by atoms with Crippen LogP contribution < -0.4 is 10.1 Å². The zero-order chi connectivity index (χ0) is 13.7. The van der Waals surface area contributed by atoms with Gasteiger partial charge in [-0.15, -0.1) is 0 Å². The fourth-order valence-electron chi connectivity index (χ4n) is 1.47. The van der Waals surface area contributed by atoms with Crippen molar-refractivity contribution < 1.29 is 9.53 Å². The summed E-state index contributed by atoms with van der Waals surface area (Å²) in [5.74, 6) is 0.263. The smallest absolute Gasteiger partial charge is 0.254 e. The molecule has 5 nitrogen and oxygen atoms in total. The minimum atomic E-state index is -0.270. The summed E-state index contributed by atoms with van der Waals surface area (Å²) in [6.45, 7) is 0.362. The Labute approximate surface area is 115 Å². The van der Waals surface area contributed by atoms with Crippen LogP contribution in [0.5, 0.6) is 5.88 Å². The van der Waals surface area contributed by atoms with Crippen molar-refractivity contribution in [2.45, 2.75) is 6.54 Å². The number of rotatable bonds is 4. The summed E-state index contributed by atoms with van der Waals surface area (Å²) < 4.78 is 4.96. The second-order valence-electron chi connectivity index (χ2n) is 3.73. The van der Waals surface area contributed by atoms with E-state index in [0.29, 0.717) is 18.0 Å². The first-order chi connectivity index (χ1) is 9.20. The highest BCUT2D eigenvalue weighted by Gasteiger charge is 2.09. The monoisotopic (exact) mass is 277 g/mol. The molecule has 0 bridgehead atoms.